The molecule has 0 saturated carbocycles. The highest BCUT2D eigenvalue weighted by molar-refractivity contribution is 5.40. The lowest BCUT2D eigenvalue weighted by Crippen LogP contribution is -2.24. The molecule has 0 radical (unpaired) electrons. The molecule has 21 heavy (non-hydrogen) atoms. The van der Waals surface area contributed by atoms with Crippen LogP contribution in [0, 0.1) is 11.3 Å². The SMILES string of the molecule is CCC12C=CC=CC(C=CC=C1[C@H](C)c1ccccc1)C2. The van der Waals surface area contributed by atoms with Crippen molar-refractivity contribution in [3.63, 3.8) is 0 Å². The smallest absolute Gasteiger partial charge is 0.0109 e. The van der Waals surface area contributed by atoms with E-state index < -0.39 is 0 Å². The van der Waals surface area contributed by atoms with E-state index in [-0.39, 0.29) is 5.41 Å². The third kappa shape index (κ3) is 2.68. The summed E-state index contributed by atoms with van der Waals surface area (Å²) in [5, 5.41) is 0. The minimum absolute atomic E-state index is 0.187. The molecule has 0 saturated heterocycles. The summed E-state index contributed by atoms with van der Waals surface area (Å²) in [5.41, 5.74) is 3.15. The Morgan fingerprint density at radius 3 is 2.62 bits per heavy atom. The number of hydrogen-bond acceptors (Lipinski definition) is 0. The Hall–Kier alpha value is -1.82. The number of allylic oxidation sites excluding steroid dienone is 8. The summed E-state index contributed by atoms with van der Waals surface area (Å²) >= 11 is 0. The molecule has 1 aromatic rings. The van der Waals surface area contributed by atoms with Crippen molar-refractivity contribution in [1.29, 1.82) is 0 Å². The zero-order valence-electron chi connectivity index (χ0n) is 13.0. The highest BCUT2D eigenvalue weighted by Gasteiger charge is 2.35. The van der Waals surface area contributed by atoms with E-state index in [1.54, 1.807) is 5.57 Å². The lowest BCUT2D eigenvalue weighted by Gasteiger charge is -2.36. The van der Waals surface area contributed by atoms with Crippen molar-refractivity contribution in [1.82, 2.24) is 0 Å². The minimum Gasteiger partial charge on any atom is -0.0776 e. The van der Waals surface area contributed by atoms with Crippen LogP contribution in [0.3, 0.4) is 0 Å². The van der Waals surface area contributed by atoms with Crippen LogP contribution in [-0.4, -0.2) is 0 Å². The number of hydrogen-bond donors (Lipinski definition) is 0. The molecule has 2 aliphatic rings. The van der Waals surface area contributed by atoms with Gasteiger partial charge in [0.2, 0.25) is 0 Å². The van der Waals surface area contributed by atoms with E-state index in [1.807, 2.05) is 0 Å². The molecule has 0 aromatic heterocycles. The fraction of sp³-hybridized carbons (Fsp3) is 0.333. The van der Waals surface area contributed by atoms with Gasteiger partial charge in [-0.2, -0.15) is 0 Å². The summed E-state index contributed by atoms with van der Waals surface area (Å²) in [6.45, 7) is 4.67. The van der Waals surface area contributed by atoms with Crippen LogP contribution in [0.4, 0.5) is 0 Å². The fourth-order valence-electron chi connectivity index (χ4n) is 3.78. The van der Waals surface area contributed by atoms with Crippen LogP contribution in [0.25, 0.3) is 0 Å². The molecule has 3 atom stereocenters. The van der Waals surface area contributed by atoms with Gasteiger partial charge in [0.1, 0.15) is 0 Å². The van der Waals surface area contributed by atoms with Gasteiger partial charge in [0.05, 0.1) is 0 Å². The van der Waals surface area contributed by atoms with Crippen molar-refractivity contribution >= 4 is 0 Å². The molecule has 3 rings (SSSR count). The average molecular weight is 276 g/mol. The first-order valence-electron chi connectivity index (χ1n) is 8.05. The second-order valence-electron chi connectivity index (χ2n) is 6.26. The van der Waals surface area contributed by atoms with Crippen molar-refractivity contribution in [3.05, 3.63) is 84.0 Å². The molecular formula is C21H24. The quantitative estimate of drug-likeness (QED) is 0.653. The predicted octanol–water partition coefficient (Wildman–Crippen LogP) is 5.82. The van der Waals surface area contributed by atoms with E-state index in [0.29, 0.717) is 11.8 Å². The molecule has 0 spiro atoms. The molecule has 2 aliphatic carbocycles. The minimum atomic E-state index is 0.187. The van der Waals surface area contributed by atoms with Crippen LogP contribution in [0.5, 0.6) is 0 Å². The van der Waals surface area contributed by atoms with Crippen LogP contribution < -0.4 is 0 Å². The Morgan fingerprint density at radius 2 is 1.86 bits per heavy atom. The predicted molar refractivity (Wildman–Crippen MR) is 91.2 cm³/mol. The lowest BCUT2D eigenvalue weighted by atomic mass is 9.67. The van der Waals surface area contributed by atoms with Crippen LogP contribution in [0.2, 0.25) is 0 Å². The van der Waals surface area contributed by atoms with Gasteiger partial charge in [-0.1, -0.05) is 92.3 Å². The summed E-state index contributed by atoms with van der Waals surface area (Å²) in [6.07, 6.45) is 18.5. The topological polar surface area (TPSA) is 0 Å². The van der Waals surface area contributed by atoms with Crippen molar-refractivity contribution in [2.24, 2.45) is 11.3 Å². The Balaban J connectivity index is 2.03. The van der Waals surface area contributed by atoms with Crippen molar-refractivity contribution < 1.29 is 0 Å². The second-order valence-corrected chi connectivity index (χ2v) is 6.26. The molecule has 108 valence electrons. The maximum absolute atomic E-state index is 2.43. The molecule has 0 heteroatoms. The van der Waals surface area contributed by atoms with E-state index in [0.717, 1.165) is 6.42 Å². The molecule has 0 fully saturated rings. The van der Waals surface area contributed by atoms with E-state index in [2.05, 4.69) is 86.7 Å². The molecule has 0 amide bonds. The van der Waals surface area contributed by atoms with Crippen molar-refractivity contribution in [3.8, 4) is 0 Å². The Labute approximate surface area is 128 Å². The van der Waals surface area contributed by atoms with Gasteiger partial charge in [-0.25, -0.2) is 0 Å². The Bertz CT molecular complexity index is 600. The standard InChI is InChI=1S/C21H24/c1-3-21-15-8-7-10-18(16-21)11-9-14-20(21)17(2)19-12-5-4-6-13-19/h4-15,17-18H,3,16H2,1-2H3/t17-,18?,21?/m1/s1. The van der Waals surface area contributed by atoms with Crippen LogP contribution in [0.15, 0.2) is 78.4 Å². The number of rotatable bonds is 3. The summed E-state index contributed by atoms with van der Waals surface area (Å²) < 4.78 is 0. The number of benzene rings is 1. The van der Waals surface area contributed by atoms with E-state index in [1.165, 1.54) is 12.0 Å². The summed E-state index contributed by atoms with van der Waals surface area (Å²) in [6, 6.07) is 10.9. The van der Waals surface area contributed by atoms with Gasteiger partial charge in [-0.3, -0.25) is 0 Å². The van der Waals surface area contributed by atoms with Gasteiger partial charge in [0.15, 0.2) is 0 Å². The first-order valence-corrected chi connectivity index (χ1v) is 8.05. The highest BCUT2D eigenvalue weighted by Crippen LogP contribution is 2.48. The zero-order chi connectivity index (χ0) is 14.7. The molecule has 2 bridgehead atoms. The normalized spacial score (nSPS) is 28.7. The lowest BCUT2D eigenvalue weighted by molar-refractivity contribution is 0.365. The highest BCUT2D eigenvalue weighted by atomic mass is 14.4. The first kappa shape index (κ1) is 14.1. The van der Waals surface area contributed by atoms with Crippen molar-refractivity contribution in [2.75, 3.05) is 0 Å². The van der Waals surface area contributed by atoms with Gasteiger partial charge in [0, 0.05) is 11.3 Å². The van der Waals surface area contributed by atoms with Gasteiger partial charge in [-0.15, -0.1) is 0 Å². The molecule has 0 N–H and O–H groups in total. The zero-order valence-corrected chi connectivity index (χ0v) is 13.0. The van der Waals surface area contributed by atoms with Gasteiger partial charge < -0.3 is 0 Å². The van der Waals surface area contributed by atoms with E-state index in [4.69, 9.17) is 0 Å². The molecule has 0 heterocycles. The number of fused-ring (bicyclic) bond motifs is 2. The van der Waals surface area contributed by atoms with Gasteiger partial charge in [-0.05, 0) is 24.3 Å². The maximum atomic E-state index is 2.43. The van der Waals surface area contributed by atoms with E-state index in [9.17, 15) is 0 Å². The average Bonchev–Trinajstić information content (AvgIpc) is 2.86. The molecule has 2 unspecified atom stereocenters. The molecule has 0 nitrogen and oxygen atoms in total. The van der Waals surface area contributed by atoms with Gasteiger partial charge >= 0.3 is 0 Å². The summed E-state index contributed by atoms with van der Waals surface area (Å²) in [7, 11) is 0. The third-order valence-corrected chi connectivity index (χ3v) is 5.09. The molecule has 0 aliphatic heterocycles. The van der Waals surface area contributed by atoms with E-state index >= 15 is 0 Å². The van der Waals surface area contributed by atoms with Crippen LogP contribution in [0.1, 0.15) is 38.2 Å². The second kappa shape index (κ2) is 5.89. The van der Waals surface area contributed by atoms with Crippen LogP contribution >= 0.6 is 0 Å². The fourth-order valence-corrected chi connectivity index (χ4v) is 3.78. The Morgan fingerprint density at radius 1 is 1.10 bits per heavy atom. The monoisotopic (exact) mass is 276 g/mol. The van der Waals surface area contributed by atoms with Gasteiger partial charge in [0.25, 0.3) is 0 Å². The first-order chi connectivity index (χ1) is 10.2. The summed E-state index contributed by atoms with van der Waals surface area (Å²) in [5.74, 6) is 1.01. The third-order valence-electron chi connectivity index (χ3n) is 5.09. The molecular weight excluding hydrogens is 252 g/mol. The van der Waals surface area contributed by atoms with Crippen molar-refractivity contribution in [2.45, 2.75) is 32.6 Å². The summed E-state index contributed by atoms with van der Waals surface area (Å²) in [4.78, 5) is 0. The largest absolute Gasteiger partial charge is 0.0776 e. The Kier molecular flexibility index (Phi) is 3.96. The van der Waals surface area contributed by atoms with Crippen LogP contribution in [-0.2, 0) is 0 Å². The molecule has 1 aromatic carbocycles. The maximum Gasteiger partial charge on any atom is 0.0109 e.